The topological polar surface area (TPSA) is 88.0 Å². The fourth-order valence-corrected chi connectivity index (χ4v) is 2.11. The summed E-state index contributed by atoms with van der Waals surface area (Å²) >= 11 is 0. The second kappa shape index (κ2) is 6.87. The highest BCUT2D eigenvalue weighted by molar-refractivity contribution is 7.52. The van der Waals surface area contributed by atoms with Gasteiger partial charge in [0.2, 0.25) is 0 Å². The van der Waals surface area contributed by atoms with E-state index in [2.05, 4.69) is 10.0 Å². The van der Waals surface area contributed by atoms with E-state index in [4.69, 9.17) is 9.94 Å². The molecule has 0 aliphatic heterocycles. The lowest BCUT2D eigenvalue weighted by Crippen LogP contribution is -2.12. The van der Waals surface area contributed by atoms with Gasteiger partial charge in [0.15, 0.2) is 6.35 Å². The first-order valence-corrected chi connectivity index (χ1v) is 7.33. The molecule has 0 aromatic heterocycles. The summed E-state index contributed by atoms with van der Waals surface area (Å²) in [6.07, 6.45) is -0.381. The van der Waals surface area contributed by atoms with E-state index in [0.717, 1.165) is 5.56 Å². The first-order chi connectivity index (χ1) is 8.48. The van der Waals surface area contributed by atoms with E-state index in [0.29, 0.717) is 5.75 Å². The van der Waals surface area contributed by atoms with E-state index in [1.165, 1.54) is 0 Å². The maximum atomic E-state index is 11.4. The maximum absolute atomic E-state index is 11.4. The van der Waals surface area contributed by atoms with Gasteiger partial charge in [-0.3, -0.25) is 4.57 Å². The minimum atomic E-state index is -3.67. The van der Waals surface area contributed by atoms with Gasteiger partial charge >= 0.3 is 7.60 Å². The molecule has 7 heteroatoms. The fraction of sp³-hybridized carbons (Fsp3) is 0.455. The Morgan fingerprint density at radius 1 is 1.39 bits per heavy atom. The van der Waals surface area contributed by atoms with E-state index >= 15 is 0 Å². The van der Waals surface area contributed by atoms with Crippen molar-refractivity contribution in [3.05, 3.63) is 29.8 Å². The molecule has 1 rings (SSSR count). The van der Waals surface area contributed by atoms with Crippen LogP contribution >= 0.6 is 7.60 Å². The summed E-state index contributed by atoms with van der Waals surface area (Å²) in [4.78, 5) is 9.32. The van der Waals surface area contributed by atoms with Crippen LogP contribution < -0.4 is 10.2 Å². The third-order valence-electron chi connectivity index (χ3n) is 2.30. The standard InChI is InChI=1S/C11H18NO5P/c1-3-17-18(14,15)8-16-11-6-4-10(5-7-11)9(2)12-13/h4-7,9,12-13H,3,8H2,1-2H3,(H,14,15). The molecule has 1 aromatic carbocycles. The van der Waals surface area contributed by atoms with Gasteiger partial charge in [0.1, 0.15) is 5.75 Å². The molecule has 0 fully saturated rings. The van der Waals surface area contributed by atoms with E-state index in [1.54, 1.807) is 38.1 Å². The van der Waals surface area contributed by atoms with Crippen molar-refractivity contribution >= 4 is 7.60 Å². The molecule has 3 N–H and O–H groups in total. The zero-order valence-electron chi connectivity index (χ0n) is 10.4. The van der Waals surface area contributed by atoms with Crippen LogP contribution in [0.3, 0.4) is 0 Å². The highest BCUT2D eigenvalue weighted by atomic mass is 31.2. The SMILES string of the molecule is CCOP(=O)(O)COc1ccc(C(C)NO)cc1. The van der Waals surface area contributed by atoms with Gasteiger partial charge in [-0.25, -0.2) is 0 Å². The van der Waals surface area contributed by atoms with Gasteiger partial charge in [-0.05, 0) is 31.5 Å². The van der Waals surface area contributed by atoms with Crippen LogP contribution in [0.25, 0.3) is 0 Å². The molecule has 0 heterocycles. The van der Waals surface area contributed by atoms with E-state index in [9.17, 15) is 9.46 Å². The van der Waals surface area contributed by atoms with Crippen molar-refractivity contribution in [3.8, 4) is 5.75 Å². The second-order valence-corrected chi connectivity index (χ2v) is 5.54. The van der Waals surface area contributed by atoms with Crippen molar-refractivity contribution in [2.24, 2.45) is 0 Å². The molecule has 2 unspecified atom stereocenters. The summed E-state index contributed by atoms with van der Waals surface area (Å²) < 4.78 is 21.2. The number of rotatable bonds is 7. The lowest BCUT2D eigenvalue weighted by atomic mass is 10.1. The molecule has 2 atom stereocenters. The van der Waals surface area contributed by atoms with Gasteiger partial charge in [0, 0.05) is 0 Å². The second-order valence-electron chi connectivity index (χ2n) is 3.75. The third-order valence-corrected chi connectivity index (χ3v) is 3.42. The number of hydrogen-bond acceptors (Lipinski definition) is 5. The van der Waals surface area contributed by atoms with Crippen LogP contribution in [0.2, 0.25) is 0 Å². The van der Waals surface area contributed by atoms with E-state index in [-0.39, 0.29) is 19.0 Å². The van der Waals surface area contributed by atoms with Gasteiger partial charge in [-0.1, -0.05) is 12.1 Å². The Kier molecular flexibility index (Phi) is 5.78. The van der Waals surface area contributed by atoms with Gasteiger partial charge < -0.3 is 19.4 Å². The summed E-state index contributed by atoms with van der Waals surface area (Å²) in [5.41, 5.74) is 3.01. The molecule has 0 bridgehead atoms. The molecule has 102 valence electrons. The van der Waals surface area contributed by atoms with Gasteiger partial charge in [-0.15, -0.1) is 0 Å². The van der Waals surface area contributed by atoms with Gasteiger partial charge in [0.25, 0.3) is 0 Å². The predicted molar refractivity (Wildman–Crippen MR) is 66.7 cm³/mol. The summed E-state index contributed by atoms with van der Waals surface area (Å²) in [5, 5.41) is 8.76. The molecular formula is C11H18NO5P. The molecule has 0 amide bonds. The fourth-order valence-electron chi connectivity index (χ4n) is 1.32. The largest absolute Gasteiger partial charge is 0.481 e. The number of benzene rings is 1. The Labute approximate surface area is 106 Å². The van der Waals surface area contributed by atoms with Gasteiger partial charge in [-0.2, -0.15) is 5.48 Å². The average Bonchev–Trinajstić information content (AvgIpc) is 2.36. The summed E-state index contributed by atoms with van der Waals surface area (Å²) in [6, 6.07) is 6.65. The van der Waals surface area contributed by atoms with E-state index < -0.39 is 7.60 Å². The first-order valence-electron chi connectivity index (χ1n) is 5.57. The predicted octanol–water partition coefficient (Wildman–Crippen LogP) is 2.28. The Morgan fingerprint density at radius 3 is 2.50 bits per heavy atom. The summed E-state index contributed by atoms with van der Waals surface area (Å²) in [7, 11) is -3.67. The van der Waals surface area contributed by atoms with Crippen molar-refractivity contribution in [2.75, 3.05) is 13.0 Å². The van der Waals surface area contributed by atoms with Crippen LogP contribution in [-0.4, -0.2) is 23.1 Å². The smallest absolute Gasteiger partial charge is 0.365 e. The highest BCUT2D eigenvalue weighted by Crippen LogP contribution is 2.41. The lowest BCUT2D eigenvalue weighted by molar-refractivity contribution is 0.133. The van der Waals surface area contributed by atoms with Crippen LogP contribution in [0.4, 0.5) is 0 Å². The first kappa shape index (κ1) is 15.1. The minimum Gasteiger partial charge on any atom is -0.481 e. The van der Waals surface area contributed by atoms with Crippen molar-refractivity contribution in [1.82, 2.24) is 5.48 Å². The van der Waals surface area contributed by atoms with Crippen molar-refractivity contribution in [2.45, 2.75) is 19.9 Å². The van der Waals surface area contributed by atoms with Crippen molar-refractivity contribution in [3.63, 3.8) is 0 Å². The zero-order valence-corrected chi connectivity index (χ0v) is 11.3. The van der Waals surface area contributed by atoms with Crippen LogP contribution in [0.1, 0.15) is 25.5 Å². The molecule has 1 aromatic rings. The number of hydroxylamine groups is 1. The summed E-state index contributed by atoms with van der Waals surface area (Å²) in [6.45, 7) is 3.60. The van der Waals surface area contributed by atoms with Crippen LogP contribution in [0, 0.1) is 0 Å². The molecule has 6 nitrogen and oxygen atoms in total. The molecule has 18 heavy (non-hydrogen) atoms. The Bertz CT molecular complexity index is 408. The third kappa shape index (κ3) is 4.76. The molecule has 0 spiro atoms. The number of hydrogen-bond donors (Lipinski definition) is 3. The highest BCUT2D eigenvalue weighted by Gasteiger charge is 2.19. The van der Waals surface area contributed by atoms with Crippen LogP contribution in [0.5, 0.6) is 5.75 Å². The Morgan fingerprint density at radius 2 is 2.00 bits per heavy atom. The molecule has 0 aliphatic carbocycles. The minimum absolute atomic E-state index is 0.162. The average molecular weight is 275 g/mol. The summed E-state index contributed by atoms with van der Waals surface area (Å²) in [5.74, 6) is 0.470. The maximum Gasteiger partial charge on any atom is 0.365 e. The quantitative estimate of drug-likeness (QED) is 0.522. The van der Waals surface area contributed by atoms with Crippen molar-refractivity contribution < 1.29 is 23.9 Å². The molecule has 0 saturated carbocycles. The zero-order chi connectivity index (χ0) is 13.6. The molecule has 0 aliphatic rings. The van der Waals surface area contributed by atoms with Gasteiger partial charge in [0.05, 0.1) is 12.6 Å². The number of ether oxygens (including phenoxy) is 1. The van der Waals surface area contributed by atoms with Crippen LogP contribution in [0.15, 0.2) is 24.3 Å². The Hall–Kier alpha value is -0.910. The normalized spacial score (nSPS) is 16.0. The molecular weight excluding hydrogens is 257 g/mol. The van der Waals surface area contributed by atoms with Crippen molar-refractivity contribution in [1.29, 1.82) is 0 Å². The van der Waals surface area contributed by atoms with E-state index in [1.807, 2.05) is 0 Å². The molecule has 0 saturated heterocycles. The molecule has 0 radical (unpaired) electrons. The Balaban J connectivity index is 2.56. The lowest BCUT2D eigenvalue weighted by Gasteiger charge is -2.13. The van der Waals surface area contributed by atoms with Crippen LogP contribution in [-0.2, 0) is 9.09 Å². The monoisotopic (exact) mass is 275 g/mol. The number of nitrogens with one attached hydrogen (secondary N) is 1.